The third-order valence-corrected chi connectivity index (χ3v) is 4.23. The Morgan fingerprint density at radius 3 is 2.83 bits per heavy atom. The zero-order valence-corrected chi connectivity index (χ0v) is 11.5. The molecule has 96 valence electrons. The van der Waals surface area contributed by atoms with Crippen LogP contribution in [0.1, 0.15) is 13.3 Å². The van der Waals surface area contributed by atoms with Crippen LogP contribution in [-0.2, 0) is 4.79 Å². The number of benzene rings is 1. The summed E-state index contributed by atoms with van der Waals surface area (Å²) in [6.45, 7) is 2.40. The van der Waals surface area contributed by atoms with Gasteiger partial charge >= 0.3 is 0 Å². The Kier molecular flexibility index (Phi) is 3.99. The molecule has 0 spiro atoms. The summed E-state index contributed by atoms with van der Waals surface area (Å²) in [7, 11) is 1.83. The third-order valence-electron chi connectivity index (χ3n) is 3.28. The van der Waals surface area contributed by atoms with Crippen molar-refractivity contribution in [2.24, 2.45) is 11.7 Å². The number of thiophene rings is 1. The SMILES string of the molecule is CCC(CN)C(=O)N(C)c1csc2ccccc12. The monoisotopic (exact) mass is 262 g/mol. The van der Waals surface area contributed by atoms with Crippen molar-refractivity contribution in [1.82, 2.24) is 0 Å². The van der Waals surface area contributed by atoms with Crippen molar-refractivity contribution in [1.29, 1.82) is 0 Å². The molecule has 1 aromatic carbocycles. The van der Waals surface area contributed by atoms with Gasteiger partial charge in [0.15, 0.2) is 0 Å². The van der Waals surface area contributed by atoms with E-state index in [1.54, 1.807) is 16.2 Å². The molecule has 2 N–H and O–H groups in total. The Morgan fingerprint density at radius 2 is 2.17 bits per heavy atom. The van der Waals surface area contributed by atoms with Crippen molar-refractivity contribution in [3.63, 3.8) is 0 Å². The van der Waals surface area contributed by atoms with Crippen LogP contribution in [0, 0.1) is 5.92 Å². The van der Waals surface area contributed by atoms with Gasteiger partial charge in [-0.2, -0.15) is 0 Å². The molecular weight excluding hydrogens is 244 g/mol. The van der Waals surface area contributed by atoms with E-state index in [-0.39, 0.29) is 11.8 Å². The highest BCUT2D eigenvalue weighted by Crippen LogP contribution is 2.32. The number of fused-ring (bicyclic) bond motifs is 1. The molecule has 0 aliphatic rings. The predicted octanol–water partition coefficient (Wildman–Crippen LogP) is 2.85. The lowest BCUT2D eigenvalue weighted by Crippen LogP contribution is -2.36. The number of anilines is 1. The number of hydrogen-bond donors (Lipinski definition) is 1. The van der Waals surface area contributed by atoms with Gasteiger partial charge in [-0.25, -0.2) is 0 Å². The number of hydrogen-bond acceptors (Lipinski definition) is 3. The minimum absolute atomic E-state index is 0.0892. The summed E-state index contributed by atoms with van der Waals surface area (Å²) >= 11 is 1.66. The summed E-state index contributed by atoms with van der Waals surface area (Å²) in [5, 5.41) is 3.16. The van der Waals surface area contributed by atoms with E-state index in [0.717, 1.165) is 17.5 Å². The van der Waals surface area contributed by atoms with Crippen LogP contribution in [0.2, 0.25) is 0 Å². The molecular formula is C14H18N2OS. The Labute approximate surface area is 111 Å². The molecule has 1 atom stereocenters. The number of nitrogens with zero attached hydrogens (tertiary/aromatic N) is 1. The van der Waals surface area contributed by atoms with Crippen LogP contribution in [0.3, 0.4) is 0 Å². The van der Waals surface area contributed by atoms with Gasteiger partial charge in [-0.3, -0.25) is 4.79 Å². The number of carbonyl (C=O) groups is 1. The average molecular weight is 262 g/mol. The minimum Gasteiger partial charge on any atom is -0.330 e. The molecule has 1 amide bonds. The number of rotatable bonds is 4. The highest BCUT2D eigenvalue weighted by Gasteiger charge is 2.21. The van der Waals surface area contributed by atoms with Crippen LogP contribution < -0.4 is 10.6 Å². The maximum Gasteiger partial charge on any atom is 0.231 e. The van der Waals surface area contributed by atoms with Crippen molar-refractivity contribution in [3.8, 4) is 0 Å². The Hall–Kier alpha value is -1.39. The van der Waals surface area contributed by atoms with Crippen molar-refractivity contribution in [2.45, 2.75) is 13.3 Å². The summed E-state index contributed by atoms with van der Waals surface area (Å²) in [6, 6.07) is 8.13. The van der Waals surface area contributed by atoms with Crippen LogP contribution in [0.25, 0.3) is 10.1 Å². The highest BCUT2D eigenvalue weighted by molar-refractivity contribution is 7.17. The summed E-state index contributed by atoms with van der Waals surface area (Å²) in [4.78, 5) is 14.0. The van der Waals surface area contributed by atoms with E-state index in [1.165, 1.54) is 4.70 Å². The molecule has 3 nitrogen and oxygen atoms in total. The lowest BCUT2D eigenvalue weighted by molar-refractivity contribution is -0.121. The molecule has 1 unspecified atom stereocenters. The standard InChI is InChI=1S/C14H18N2OS/c1-3-10(8-15)14(17)16(2)12-9-18-13-7-5-4-6-11(12)13/h4-7,9-10H,3,8,15H2,1-2H3. The summed E-state index contributed by atoms with van der Waals surface area (Å²) < 4.78 is 1.20. The summed E-state index contributed by atoms with van der Waals surface area (Å²) in [5.74, 6) is 0.0113. The van der Waals surface area contributed by atoms with E-state index in [2.05, 4.69) is 6.07 Å². The first-order valence-electron chi connectivity index (χ1n) is 6.12. The maximum atomic E-state index is 12.3. The van der Waals surface area contributed by atoms with Crippen LogP contribution >= 0.6 is 11.3 Å². The lowest BCUT2D eigenvalue weighted by atomic mass is 10.1. The normalized spacial score (nSPS) is 12.6. The van der Waals surface area contributed by atoms with Crippen molar-refractivity contribution in [3.05, 3.63) is 29.6 Å². The Balaban J connectivity index is 2.33. The molecule has 0 radical (unpaired) electrons. The number of amides is 1. The predicted molar refractivity (Wildman–Crippen MR) is 78.1 cm³/mol. The fourth-order valence-electron chi connectivity index (χ4n) is 2.06. The molecule has 0 fully saturated rings. The molecule has 2 aromatic rings. The fraction of sp³-hybridized carbons (Fsp3) is 0.357. The lowest BCUT2D eigenvalue weighted by Gasteiger charge is -2.21. The van der Waals surface area contributed by atoms with E-state index in [0.29, 0.717) is 6.54 Å². The zero-order valence-electron chi connectivity index (χ0n) is 10.7. The molecule has 2 rings (SSSR count). The van der Waals surface area contributed by atoms with Gasteiger partial charge in [-0.05, 0) is 12.5 Å². The van der Waals surface area contributed by atoms with E-state index >= 15 is 0 Å². The minimum atomic E-state index is -0.0892. The van der Waals surface area contributed by atoms with E-state index in [4.69, 9.17) is 5.73 Å². The fourth-order valence-corrected chi connectivity index (χ4v) is 3.04. The highest BCUT2D eigenvalue weighted by atomic mass is 32.1. The van der Waals surface area contributed by atoms with E-state index in [1.807, 2.05) is 37.6 Å². The van der Waals surface area contributed by atoms with Gasteiger partial charge in [0.2, 0.25) is 5.91 Å². The second-order valence-corrected chi connectivity index (χ2v) is 5.27. The summed E-state index contributed by atoms with van der Waals surface area (Å²) in [6.07, 6.45) is 0.780. The molecule has 0 aliphatic heterocycles. The first-order chi connectivity index (χ1) is 8.69. The van der Waals surface area contributed by atoms with Gasteiger partial charge in [0.05, 0.1) is 11.6 Å². The topological polar surface area (TPSA) is 46.3 Å². The molecule has 1 heterocycles. The molecule has 0 aliphatic carbocycles. The summed E-state index contributed by atoms with van der Waals surface area (Å²) in [5.41, 5.74) is 6.62. The van der Waals surface area contributed by atoms with Gasteiger partial charge in [-0.15, -0.1) is 11.3 Å². The zero-order chi connectivity index (χ0) is 13.1. The smallest absolute Gasteiger partial charge is 0.231 e. The van der Waals surface area contributed by atoms with Gasteiger partial charge < -0.3 is 10.6 Å². The molecule has 18 heavy (non-hydrogen) atoms. The van der Waals surface area contributed by atoms with Gasteiger partial charge in [0.25, 0.3) is 0 Å². The second-order valence-electron chi connectivity index (χ2n) is 4.36. The third kappa shape index (κ3) is 2.26. The van der Waals surface area contributed by atoms with Crippen molar-refractivity contribution in [2.75, 3.05) is 18.5 Å². The first-order valence-corrected chi connectivity index (χ1v) is 7.00. The molecule has 0 saturated heterocycles. The van der Waals surface area contributed by atoms with Crippen LogP contribution in [0.4, 0.5) is 5.69 Å². The first kappa shape index (κ1) is 13.1. The Morgan fingerprint density at radius 1 is 1.44 bits per heavy atom. The van der Waals surface area contributed by atoms with E-state index < -0.39 is 0 Å². The van der Waals surface area contributed by atoms with Gasteiger partial charge in [0.1, 0.15) is 0 Å². The van der Waals surface area contributed by atoms with Crippen LogP contribution in [-0.4, -0.2) is 19.5 Å². The molecule has 4 heteroatoms. The Bertz CT molecular complexity index is 545. The largest absolute Gasteiger partial charge is 0.330 e. The molecule has 0 bridgehead atoms. The second kappa shape index (κ2) is 5.50. The van der Waals surface area contributed by atoms with Crippen molar-refractivity contribution < 1.29 is 4.79 Å². The number of carbonyl (C=O) groups excluding carboxylic acids is 1. The quantitative estimate of drug-likeness (QED) is 0.921. The van der Waals surface area contributed by atoms with Crippen LogP contribution in [0.15, 0.2) is 29.6 Å². The molecule has 1 aromatic heterocycles. The maximum absolute atomic E-state index is 12.3. The van der Waals surface area contributed by atoms with Gasteiger partial charge in [-0.1, -0.05) is 25.1 Å². The van der Waals surface area contributed by atoms with E-state index in [9.17, 15) is 4.79 Å². The van der Waals surface area contributed by atoms with Gasteiger partial charge in [0, 0.05) is 29.1 Å². The average Bonchev–Trinajstić information content (AvgIpc) is 2.83. The molecule has 0 saturated carbocycles. The van der Waals surface area contributed by atoms with Crippen LogP contribution in [0.5, 0.6) is 0 Å². The van der Waals surface area contributed by atoms with Crippen molar-refractivity contribution >= 4 is 33.0 Å². The number of nitrogens with two attached hydrogens (primary N) is 1.